The van der Waals surface area contributed by atoms with Crippen LogP contribution in [-0.4, -0.2) is 18.6 Å². The third-order valence-corrected chi connectivity index (χ3v) is 3.10. The van der Waals surface area contributed by atoms with Crippen LogP contribution in [0, 0.1) is 107 Å². The summed E-state index contributed by atoms with van der Waals surface area (Å²) < 4.78 is 0.493. The molecule has 0 heterocycles. The first-order valence-corrected chi connectivity index (χ1v) is 8.59. The number of terminal acetylenes is 1. The zero-order valence-electron chi connectivity index (χ0n) is 16.8. The molecule has 0 aliphatic rings. The number of hydrogen-bond acceptors (Lipinski definition) is 0. The highest BCUT2D eigenvalue weighted by Gasteiger charge is 2.12. The average Bonchev–Trinajstić information content (AvgIpc) is 2.73. The molecule has 1 heteroatoms. The Labute approximate surface area is 180 Å². The summed E-state index contributed by atoms with van der Waals surface area (Å²) in [7, 11) is 4.04. The standard InChI is InChI=1S/C29H16N/c1-5-7-8-9-10-11-12-13-14-15-16-17-18-19-20-21-26-30(3,4)27-29-24-22-28(6-2)23-25-29/h1,6,22-25H,2,27H2,3-4H3/q+1. The molecular weight excluding hydrogens is 362 g/mol. The summed E-state index contributed by atoms with van der Waals surface area (Å²) in [6.07, 6.45) is 6.76. The Balaban J connectivity index is 2.56. The van der Waals surface area contributed by atoms with E-state index in [-0.39, 0.29) is 0 Å². The maximum Gasteiger partial charge on any atom is 0.151 e. The largest absolute Gasteiger partial charge is 0.247 e. The summed E-state index contributed by atoms with van der Waals surface area (Å²) in [6, 6.07) is 11.3. The molecule has 0 aromatic heterocycles. The fourth-order valence-corrected chi connectivity index (χ4v) is 1.88. The quantitative estimate of drug-likeness (QED) is 0.560. The average molecular weight is 378 g/mol. The predicted octanol–water partition coefficient (Wildman–Crippen LogP) is 2.52. The molecule has 0 radical (unpaired) electrons. The van der Waals surface area contributed by atoms with E-state index < -0.39 is 0 Å². The highest BCUT2D eigenvalue weighted by Crippen LogP contribution is 2.10. The van der Waals surface area contributed by atoms with Crippen molar-refractivity contribution >= 4 is 6.08 Å². The van der Waals surface area contributed by atoms with Gasteiger partial charge in [-0.25, -0.2) is 4.48 Å². The van der Waals surface area contributed by atoms with Gasteiger partial charge in [0.1, 0.15) is 6.54 Å². The molecule has 0 atom stereocenters. The van der Waals surface area contributed by atoms with Gasteiger partial charge in [0.15, 0.2) is 6.04 Å². The summed E-state index contributed by atoms with van der Waals surface area (Å²) in [4.78, 5) is 0. The number of quaternary nitrogens is 1. The Morgan fingerprint density at radius 1 is 0.700 bits per heavy atom. The molecule has 0 N–H and O–H groups in total. The zero-order chi connectivity index (χ0) is 21.9. The molecule has 136 valence electrons. The smallest absolute Gasteiger partial charge is 0.151 e. The van der Waals surface area contributed by atoms with E-state index in [1.54, 1.807) is 0 Å². The van der Waals surface area contributed by atoms with Crippen molar-refractivity contribution < 1.29 is 4.48 Å². The van der Waals surface area contributed by atoms with Gasteiger partial charge in [0.2, 0.25) is 0 Å². The van der Waals surface area contributed by atoms with E-state index in [0.717, 1.165) is 12.1 Å². The maximum atomic E-state index is 4.94. The normalized spacial score (nSPS) is 7.10. The van der Waals surface area contributed by atoms with Crippen LogP contribution in [0.4, 0.5) is 0 Å². The van der Waals surface area contributed by atoms with Crippen molar-refractivity contribution in [3.63, 3.8) is 0 Å². The highest BCUT2D eigenvalue weighted by atomic mass is 15.3. The number of nitrogens with zero attached hydrogens (tertiary/aromatic N) is 1. The molecule has 1 nitrogen and oxygen atoms in total. The van der Waals surface area contributed by atoms with Gasteiger partial charge >= 0.3 is 0 Å². The molecule has 1 aromatic rings. The molecule has 0 amide bonds. The number of rotatable bonds is 3. The molecule has 1 aromatic carbocycles. The summed E-state index contributed by atoms with van der Waals surface area (Å²) in [5.74, 6) is 40.4. The second-order valence-corrected chi connectivity index (χ2v) is 5.92. The molecule has 0 saturated heterocycles. The van der Waals surface area contributed by atoms with Crippen molar-refractivity contribution in [3.05, 3.63) is 42.0 Å². The van der Waals surface area contributed by atoms with Crippen LogP contribution in [0.5, 0.6) is 0 Å². The molecular formula is C29H16N+. The molecule has 0 saturated carbocycles. The van der Waals surface area contributed by atoms with Crippen molar-refractivity contribution in [2.24, 2.45) is 0 Å². The van der Waals surface area contributed by atoms with Crippen molar-refractivity contribution in [1.29, 1.82) is 0 Å². The van der Waals surface area contributed by atoms with Gasteiger partial charge in [-0.05, 0) is 52.9 Å². The Morgan fingerprint density at radius 2 is 1.10 bits per heavy atom. The molecule has 0 aliphatic heterocycles. The van der Waals surface area contributed by atoms with Gasteiger partial charge < -0.3 is 0 Å². The van der Waals surface area contributed by atoms with E-state index in [2.05, 4.69) is 119 Å². The SMILES string of the molecule is C#CC#CC#CC#CC#CC#CC#CC#CC#C[N+](C)(C)Cc1ccc(C=C)cc1. The molecule has 0 bridgehead atoms. The monoisotopic (exact) mass is 378 g/mol. The van der Waals surface area contributed by atoms with Crippen molar-refractivity contribution in [2.75, 3.05) is 14.1 Å². The Morgan fingerprint density at radius 3 is 1.50 bits per heavy atom. The summed E-state index contributed by atoms with van der Waals surface area (Å²) in [5.41, 5.74) is 2.29. The molecule has 0 unspecified atom stereocenters. The Hall–Kier alpha value is -5.04. The van der Waals surface area contributed by atoms with Gasteiger partial charge in [-0.3, -0.25) is 0 Å². The fourth-order valence-electron chi connectivity index (χ4n) is 1.88. The van der Waals surface area contributed by atoms with Crippen LogP contribution in [0.2, 0.25) is 0 Å². The summed E-state index contributed by atoms with van der Waals surface area (Å²) in [6.45, 7) is 4.53. The van der Waals surface area contributed by atoms with Crippen LogP contribution < -0.4 is 0 Å². The number of benzene rings is 1. The van der Waals surface area contributed by atoms with Gasteiger partial charge in [0.25, 0.3) is 0 Å². The van der Waals surface area contributed by atoms with E-state index >= 15 is 0 Å². The lowest BCUT2D eigenvalue weighted by atomic mass is 10.1. The predicted molar refractivity (Wildman–Crippen MR) is 123 cm³/mol. The lowest BCUT2D eigenvalue weighted by molar-refractivity contribution is -0.836. The van der Waals surface area contributed by atoms with E-state index in [9.17, 15) is 0 Å². The first-order chi connectivity index (χ1) is 14.6. The molecule has 30 heavy (non-hydrogen) atoms. The maximum absolute atomic E-state index is 4.94. The minimum absolute atomic E-state index is 0.493. The van der Waals surface area contributed by atoms with Gasteiger partial charge in [-0.1, -0.05) is 36.9 Å². The second-order valence-electron chi connectivity index (χ2n) is 5.92. The molecule has 0 spiro atoms. The van der Waals surface area contributed by atoms with E-state index in [1.807, 2.05) is 32.3 Å². The van der Waals surface area contributed by atoms with E-state index in [1.165, 1.54) is 5.56 Å². The fraction of sp³-hybridized carbons (Fsp3) is 0.103. The van der Waals surface area contributed by atoms with Crippen LogP contribution >= 0.6 is 0 Å². The Kier molecular flexibility index (Phi) is 10.8. The van der Waals surface area contributed by atoms with Crippen LogP contribution in [0.15, 0.2) is 30.8 Å². The highest BCUT2D eigenvalue weighted by molar-refractivity contribution is 5.47. The third-order valence-electron chi connectivity index (χ3n) is 3.10. The zero-order valence-corrected chi connectivity index (χ0v) is 16.8. The van der Waals surface area contributed by atoms with Crippen LogP contribution in [-0.2, 0) is 6.54 Å². The van der Waals surface area contributed by atoms with Crippen molar-refractivity contribution in [1.82, 2.24) is 0 Å². The lowest BCUT2D eigenvalue weighted by Gasteiger charge is -2.20. The van der Waals surface area contributed by atoms with Gasteiger partial charge in [0, 0.05) is 47.0 Å². The summed E-state index contributed by atoms with van der Waals surface area (Å²) >= 11 is 0. The minimum Gasteiger partial charge on any atom is -0.247 e. The summed E-state index contributed by atoms with van der Waals surface area (Å²) in [5, 5.41) is 0. The lowest BCUT2D eigenvalue weighted by Crippen LogP contribution is -2.32. The van der Waals surface area contributed by atoms with Crippen molar-refractivity contribution in [3.8, 4) is 107 Å². The molecule has 0 fully saturated rings. The van der Waals surface area contributed by atoms with Gasteiger partial charge in [-0.2, -0.15) is 0 Å². The van der Waals surface area contributed by atoms with Crippen LogP contribution in [0.3, 0.4) is 0 Å². The Bertz CT molecular complexity index is 1330. The van der Waals surface area contributed by atoms with E-state index in [4.69, 9.17) is 6.42 Å². The molecule has 1 rings (SSSR count). The topological polar surface area (TPSA) is 0 Å². The van der Waals surface area contributed by atoms with Crippen LogP contribution in [0.25, 0.3) is 6.08 Å². The minimum atomic E-state index is 0.493. The van der Waals surface area contributed by atoms with Gasteiger partial charge in [-0.15, -0.1) is 6.42 Å². The van der Waals surface area contributed by atoms with E-state index in [0.29, 0.717) is 4.48 Å². The third kappa shape index (κ3) is 11.6. The first-order valence-electron chi connectivity index (χ1n) is 8.59. The second kappa shape index (κ2) is 14.1. The number of hydrogen-bond donors (Lipinski definition) is 0. The van der Waals surface area contributed by atoms with Gasteiger partial charge in [0.05, 0.1) is 20.0 Å². The van der Waals surface area contributed by atoms with Crippen LogP contribution in [0.1, 0.15) is 11.1 Å². The van der Waals surface area contributed by atoms with Crippen molar-refractivity contribution in [2.45, 2.75) is 6.54 Å². The molecule has 0 aliphatic carbocycles. The first kappa shape index (κ1) is 23.0.